The molecule has 3 aromatic carbocycles. The van der Waals surface area contributed by atoms with Crippen molar-refractivity contribution < 1.29 is 29.2 Å². The molecule has 0 saturated carbocycles. The third-order valence-electron chi connectivity index (χ3n) is 7.30. The Balaban J connectivity index is 1.39. The SMILES string of the molecule is COc1ccc([C@@H]2c3sc(=O)n(CC(=O)Nc4ccc(O)cc4)c3S[C@H]3C(=O)N(c4ccc([N+](=O)[O-])cc4)C(=O)[C@@H]23)cc1. The number of hydrogen-bond acceptors (Lipinski definition) is 10. The van der Waals surface area contributed by atoms with Gasteiger partial charge in [-0.25, -0.2) is 4.90 Å². The van der Waals surface area contributed by atoms with Crippen molar-refractivity contribution in [3.8, 4) is 11.5 Å². The molecule has 2 N–H and O–H groups in total. The van der Waals surface area contributed by atoms with Crippen molar-refractivity contribution in [2.45, 2.75) is 22.7 Å². The van der Waals surface area contributed by atoms with Crippen LogP contribution < -0.4 is 19.8 Å². The van der Waals surface area contributed by atoms with Gasteiger partial charge in [-0.2, -0.15) is 0 Å². The van der Waals surface area contributed by atoms with Crippen molar-refractivity contribution >= 4 is 57.9 Å². The number of ether oxygens (including phenoxy) is 1. The molecule has 3 heterocycles. The molecule has 0 aliphatic carbocycles. The number of thiazole rings is 1. The van der Waals surface area contributed by atoms with E-state index in [-0.39, 0.29) is 23.7 Å². The number of amides is 3. The predicted molar refractivity (Wildman–Crippen MR) is 159 cm³/mol. The van der Waals surface area contributed by atoms with E-state index in [1.165, 1.54) is 60.2 Å². The molecular formula is C29H22N4O8S2. The number of carbonyl (C=O) groups excluding carboxylic acids is 3. The summed E-state index contributed by atoms with van der Waals surface area (Å²) in [7, 11) is 1.52. The number of fused-ring (bicyclic) bond motifs is 2. The standard InChI is InChI=1S/C29H22N4O8S2/c1-41-20-12-2-15(3-13-20)22-23-24(27(37)32(26(23)36)17-6-8-18(9-7-17)33(39)40)42-28-25(22)43-29(38)31(28)14-21(35)30-16-4-10-19(34)11-5-16/h2-13,22-24,34H,14H2,1H3,(H,30,35)/t22-,23-,24+/m0/s1. The van der Waals surface area contributed by atoms with Crippen molar-refractivity contribution in [3.05, 3.63) is 103 Å². The van der Waals surface area contributed by atoms with Crippen LogP contribution in [0.3, 0.4) is 0 Å². The number of carbonyl (C=O) groups is 3. The van der Waals surface area contributed by atoms with Gasteiger partial charge < -0.3 is 15.2 Å². The third kappa shape index (κ3) is 5.04. The lowest BCUT2D eigenvalue weighted by Gasteiger charge is -2.30. The highest BCUT2D eigenvalue weighted by Gasteiger charge is 2.56. The molecule has 0 bridgehead atoms. The summed E-state index contributed by atoms with van der Waals surface area (Å²) in [5, 5.41) is 22.8. The lowest BCUT2D eigenvalue weighted by Crippen LogP contribution is -2.33. The fourth-order valence-electron chi connectivity index (χ4n) is 5.29. The van der Waals surface area contributed by atoms with E-state index in [0.29, 0.717) is 26.9 Å². The number of rotatable bonds is 7. The summed E-state index contributed by atoms with van der Waals surface area (Å²) in [5.74, 6) is -2.41. The molecule has 14 heteroatoms. The first-order valence-corrected chi connectivity index (χ1v) is 14.6. The minimum absolute atomic E-state index is 0.0372. The van der Waals surface area contributed by atoms with E-state index in [1.807, 2.05) is 0 Å². The second-order valence-electron chi connectivity index (χ2n) is 9.82. The van der Waals surface area contributed by atoms with Crippen LogP contribution in [0.1, 0.15) is 16.4 Å². The molecule has 4 aromatic rings. The molecule has 3 atom stereocenters. The van der Waals surface area contributed by atoms with Gasteiger partial charge in [0, 0.05) is 28.6 Å². The molecule has 2 aliphatic rings. The quantitative estimate of drug-likeness (QED) is 0.135. The number of phenolic OH excluding ortho intramolecular Hbond substituents is 1. The van der Waals surface area contributed by atoms with Crippen LogP contribution in [0.4, 0.5) is 17.1 Å². The summed E-state index contributed by atoms with van der Waals surface area (Å²) in [4.78, 5) is 65.8. The highest BCUT2D eigenvalue weighted by molar-refractivity contribution is 8.00. The van der Waals surface area contributed by atoms with Crippen LogP contribution >= 0.6 is 23.1 Å². The van der Waals surface area contributed by atoms with Gasteiger partial charge in [-0.3, -0.25) is 33.9 Å². The zero-order valence-corrected chi connectivity index (χ0v) is 24.0. The Labute approximate surface area is 251 Å². The molecule has 1 saturated heterocycles. The summed E-state index contributed by atoms with van der Waals surface area (Å²) in [6, 6.07) is 18.1. The molecule has 1 fully saturated rings. The van der Waals surface area contributed by atoms with Gasteiger partial charge >= 0.3 is 4.87 Å². The first-order valence-electron chi connectivity index (χ1n) is 12.9. The normalized spacial score (nSPS) is 19.1. The van der Waals surface area contributed by atoms with Crippen LogP contribution in [0.15, 0.2) is 82.6 Å². The maximum Gasteiger partial charge on any atom is 0.308 e. The summed E-state index contributed by atoms with van der Waals surface area (Å²) in [5.41, 5.74) is 1.14. The average molecular weight is 619 g/mol. The molecule has 43 heavy (non-hydrogen) atoms. The number of imide groups is 1. The van der Waals surface area contributed by atoms with Gasteiger partial charge in [0.05, 0.1) is 28.7 Å². The van der Waals surface area contributed by atoms with Crippen LogP contribution in [0.2, 0.25) is 0 Å². The fourth-order valence-corrected chi connectivity index (χ4v) is 8.07. The zero-order chi connectivity index (χ0) is 30.4. The van der Waals surface area contributed by atoms with Gasteiger partial charge in [-0.05, 0) is 54.1 Å². The van der Waals surface area contributed by atoms with Crippen molar-refractivity contribution in [2.24, 2.45) is 5.92 Å². The Morgan fingerprint density at radius 3 is 2.30 bits per heavy atom. The van der Waals surface area contributed by atoms with Crippen LogP contribution in [0.5, 0.6) is 11.5 Å². The molecule has 1 aromatic heterocycles. The highest BCUT2D eigenvalue weighted by Crippen LogP contribution is 2.54. The minimum atomic E-state index is -0.914. The van der Waals surface area contributed by atoms with E-state index in [1.54, 1.807) is 24.3 Å². The number of thioether (sulfide) groups is 1. The van der Waals surface area contributed by atoms with Crippen LogP contribution in [-0.4, -0.2) is 44.7 Å². The number of non-ortho nitro benzene ring substituents is 1. The summed E-state index contributed by atoms with van der Waals surface area (Å²) < 4.78 is 6.59. The van der Waals surface area contributed by atoms with Gasteiger partial charge in [0.15, 0.2) is 0 Å². The number of aromatic nitrogens is 1. The lowest BCUT2D eigenvalue weighted by atomic mass is 9.83. The second-order valence-corrected chi connectivity index (χ2v) is 11.9. The van der Waals surface area contributed by atoms with E-state index in [9.17, 15) is 34.4 Å². The van der Waals surface area contributed by atoms with E-state index in [4.69, 9.17) is 4.74 Å². The Bertz CT molecular complexity index is 1820. The number of hydrogen-bond donors (Lipinski definition) is 2. The number of phenols is 1. The van der Waals surface area contributed by atoms with Crippen molar-refractivity contribution in [3.63, 3.8) is 0 Å². The predicted octanol–water partition coefficient (Wildman–Crippen LogP) is 3.97. The molecule has 218 valence electrons. The van der Waals surface area contributed by atoms with Crippen molar-refractivity contribution in [2.75, 3.05) is 17.3 Å². The second kappa shape index (κ2) is 11.0. The maximum absolute atomic E-state index is 14.0. The number of nitrogens with one attached hydrogen (secondary N) is 1. The number of nitrogens with zero attached hydrogens (tertiary/aromatic N) is 3. The summed E-state index contributed by atoms with van der Waals surface area (Å²) in [6.07, 6.45) is 0. The minimum Gasteiger partial charge on any atom is -0.508 e. The van der Waals surface area contributed by atoms with Crippen molar-refractivity contribution in [1.29, 1.82) is 0 Å². The Hall–Kier alpha value is -4.95. The Morgan fingerprint density at radius 2 is 1.67 bits per heavy atom. The van der Waals surface area contributed by atoms with Crippen LogP contribution in [0, 0.1) is 16.0 Å². The number of anilines is 2. The van der Waals surface area contributed by atoms with Crippen LogP contribution in [-0.2, 0) is 20.9 Å². The molecule has 12 nitrogen and oxygen atoms in total. The fraction of sp³-hybridized carbons (Fsp3) is 0.172. The number of benzene rings is 3. The molecule has 0 unspecified atom stereocenters. The van der Waals surface area contributed by atoms with E-state index in [0.717, 1.165) is 28.0 Å². The lowest BCUT2D eigenvalue weighted by molar-refractivity contribution is -0.384. The number of nitro groups is 1. The van der Waals surface area contributed by atoms with E-state index >= 15 is 0 Å². The third-order valence-corrected chi connectivity index (χ3v) is 9.90. The van der Waals surface area contributed by atoms with Gasteiger partial charge in [0.1, 0.15) is 23.3 Å². The highest BCUT2D eigenvalue weighted by atomic mass is 32.2. The Kier molecular flexibility index (Phi) is 7.23. The zero-order valence-electron chi connectivity index (χ0n) is 22.3. The van der Waals surface area contributed by atoms with Gasteiger partial charge in [0.2, 0.25) is 17.7 Å². The summed E-state index contributed by atoms with van der Waals surface area (Å²) in [6.45, 7) is -0.334. The van der Waals surface area contributed by atoms with E-state index in [2.05, 4.69) is 5.32 Å². The first kappa shape index (κ1) is 28.2. The average Bonchev–Trinajstić information content (AvgIpc) is 3.44. The maximum atomic E-state index is 14.0. The first-order chi connectivity index (χ1) is 20.7. The summed E-state index contributed by atoms with van der Waals surface area (Å²) >= 11 is 1.98. The molecular weight excluding hydrogens is 596 g/mol. The number of aromatic hydroxyl groups is 1. The molecule has 0 spiro atoms. The molecule has 3 amide bonds. The molecule has 6 rings (SSSR count). The number of nitro benzene ring substituents is 1. The molecule has 2 aliphatic heterocycles. The van der Waals surface area contributed by atoms with E-state index < -0.39 is 44.6 Å². The molecule has 0 radical (unpaired) electrons. The smallest absolute Gasteiger partial charge is 0.308 e. The monoisotopic (exact) mass is 618 g/mol. The van der Waals surface area contributed by atoms with Crippen molar-refractivity contribution in [1.82, 2.24) is 4.57 Å². The topological polar surface area (TPSA) is 161 Å². The number of methoxy groups -OCH3 is 1. The van der Waals surface area contributed by atoms with Crippen LogP contribution in [0.25, 0.3) is 0 Å². The van der Waals surface area contributed by atoms with Gasteiger partial charge in [-0.15, -0.1) is 0 Å². The Morgan fingerprint density at radius 1 is 1.00 bits per heavy atom. The van der Waals surface area contributed by atoms with Gasteiger partial charge in [0.25, 0.3) is 5.69 Å². The van der Waals surface area contributed by atoms with Gasteiger partial charge in [-0.1, -0.05) is 35.2 Å². The largest absolute Gasteiger partial charge is 0.508 e.